The molecule has 0 bridgehead atoms. The maximum atomic E-state index is 9.84. The van der Waals surface area contributed by atoms with E-state index in [1.807, 2.05) is 30.3 Å². The molecule has 2 unspecified atom stereocenters. The molecule has 7 nitrogen and oxygen atoms in total. The average molecular weight is 374 g/mol. The van der Waals surface area contributed by atoms with E-state index in [-0.39, 0.29) is 12.0 Å². The first-order valence-corrected chi connectivity index (χ1v) is 9.85. The number of hydrogen-bond acceptors (Lipinski definition) is 6. The molecule has 0 spiro atoms. The van der Waals surface area contributed by atoms with Gasteiger partial charge in [-0.25, -0.2) is 5.43 Å². The van der Waals surface area contributed by atoms with Gasteiger partial charge in [0.1, 0.15) is 23.2 Å². The highest BCUT2D eigenvalue weighted by Gasteiger charge is 2.31. The fraction of sp³-hybridized carbons (Fsp3) is 0.381. The number of para-hydroxylation sites is 1. The van der Waals surface area contributed by atoms with Crippen LogP contribution in [-0.4, -0.2) is 21.3 Å². The van der Waals surface area contributed by atoms with Gasteiger partial charge >= 0.3 is 0 Å². The van der Waals surface area contributed by atoms with Crippen LogP contribution in [0, 0.1) is 17.2 Å². The lowest BCUT2D eigenvalue weighted by atomic mass is 9.96. The molecule has 1 aromatic carbocycles. The first-order chi connectivity index (χ1) is 13.8. The SMILES string of the molecule is N#C/C(=C\C1CNNC1c1cc2ccccc2o1)c1nnc2n1CCCCC2. The number of nitrogens with one attached hydrogen (secondary N) is 2. The highest BCUT2D eigenvalue weighted by atomic mass is 16.3. The number of nitriles is 1. The third-order valence-electron chi connectivity index (χ3n) is 5.63. The Morgan fingerprint density at radius 1 is 1.25 bits per heavy atom. The Bertz CT molecular complexity index is 1040. The second-order valence-electron chi connectivity index (χ2n) is 7.45. The Morgan fingerprint density at radius 3 is 3.07 bits per heavy atom. The number of aryl methyl sites for hydroxylation is 1. The lowest BCUT2D eigenvalue weighted by Crippen LogP contribution is -2.24. The van der Waals surface area contributed by atoms with E-state index >= 15 is 0 Å². The van der Waals surface area contributed by atoms with Crippen molar-refractivity contribution in [3.63, 3.8) is 0 Å². The quantitative estimate of drug-likeness (QED) is 0.685. The zero-order valence-corrected chi connectivity index (χ0v) is 15.6. The largest absolute Gasteiger partial charge is 0.459 e. The van der Waals surface area contributed by atoms with Gasteiger partial charge in [0, 0.05) is 30.8 Å². The normalized spacial score (nSPS) is 22.8. The number of nitrogens with zero attached hydrogens (tertiary/aromatic N) is 4. The van der Waals surface area contributed by atoms with Crippen molar-refractivity contribution in [3.8, 4) is 6.07 Å². The van der Waals surface area contributed by atoms with Gasteiger partial charge < -0.3 is 8.98 Å². The maximum absolute atomic E-state index is 9.84. The molecule has 28 heavy (non-hydrogen) atoms. The summed E-state index contributed by atoms with van der Waals surface area (Å²) in [5.74, 6) is 2.62. The van der Waals surface area contributed by atoms with Gasteiger partial charge in [0.15, 0.2) is 5.82 Å². The number of benzene rings is 1. The zero-order valence-electron chi connectivity index (χ0n) is 15.6. The number of allylic oxidation sites excluding steroid dienone is 1. The molecule has 2 atom stereocenters. The summed E-state index contributed by atoms with van der Waals surface area (Å²) in [5.41, 5.74) is 7.95. The number of aromatic nitrogens is 3. The van der Waals surface area contributed by atoms with Gasteiger partial charge in [0.25, 0.3) is 0 Å². The lowest BCUT2D eigenvalue weighted by Gasteiger charge is -2.13. The van der Waals surface area contributed by atoms with Crippen molar-refractivity contribution in [2.24, 2.45) is 5.92 Å². The van der Waals surface area contributed by atoms with Gasteiger partial charge in [-0.1, -0.05) is 30.7 Å². The molecular formula is C21H22N6O. The minimum atomic E-state index is -0.0396. The molecule has 0 amide bonds. The number of hydrogen-bond donors (Lipinski definition) is 2. The van der Waals surface area contributed by atoms with E-state index in [1.54, 1.807) is 0 Å². The van der Waals surface area contributed by atoms with Crippen molar-refractivity contribution in [2.45, 2.75) is 38.3 Å². The zero-order chi connectivity index (χ0) is 18.9. The summed E-state index contributed by atoms with van der Waals surface area (Å²) in [5, 5.41) is 19.6. The molecule has 1 fully saturated rings. The molecule has 2 N–H and O–H groups in total. The van der Waals surface area contributed by atoms with Crippen molar-refractivity contribution >= 4 is 16.5 Å². The summed E-state index contributed by atoms with van der Waals surface area (Å²) in [6, 6.07) is 12.4. The first kappa shape index (κ1) is 17.2. The van der Waals surface area contributed by atoms with E-state index in [0.717, 1.165) is 48.4 Å². The molecule has 1 saturated heterocycles. The van der Waals surface area contributed by atoms with Gasteiger partial charge in [-0.15, -0.1) is 10.2 Å². The first-order valence-electron chi connectivity index (χ1n) is 9.85. The summed E-state index contributed by atoms with van der Waals surface area (Å²) >= 11 is 0. The second-order valence-corrected chi connectivity index (χ2v) is 7.45. The van der Waals surface area contributed by atoms with E-state index in [2.05, 4.69) is 37.8 Å². The monoisotopic (exact) mass is 374 g/mol. The van der Waals surface area contributed by atoms with E-state index < -0.39 is 0 Å². The number of fused-ring (bicyclic) bond motifs is 2. The van der Waals surface area contributed by atoms with Crippen LogP contribution in [0.4, 0.5) is 0 Å². The van der Waals surface area contributed by atoms with Crippen molar-refractivity contribution in [1.29, 1.82) is 5.26 Å². The summed E-state index contributed by atoms with van der Waals surface area (Å²) < 4.78 is 8.17. The third kappa shape index (κ3) is 3.01. The predicted octanol–water partition coefficient (Wildman–Crippen LogP) is 3.12. The van der Waals surface area contributed by atoms with Crippen LogP contribution in [0.15, 0.2) is 40.8 Å². The Kier molecular flexibility index (Phi) is 4.43. The molecule has 0 saturated carbocycles. The molecule has 142 valence electrons. The molecule has 4 heterocycles. The van der Waals surface area contributed by atoms with E-state index in [0.29, 0.717) is 17.9 Å². The third-order valence-corrected chi connectivity index (χ3v) is 5.63. The predicted molar refractivity (Wildman–Crippen MR) is 105 cm³/mol. The van der Waals surface area contributed by atoms with Crippen LogP contribution in [0.1, 0.15) is 42.7 Å². The van der Waals surface area contributed by atoms with Crippen molar-refractivity contribution in [2.75, 3.05) is 6.54 Å². The van der Waals surface area contributed by atoms with Crippen molar-refractivity contribution in [1.82, 2.24) is 25.6 Å². The van der Waals surface area contributed by atoms with Crippen LogP contribution in [0.5, 0.6) is 0 Å². The molecule has 5 rings (SSSR count). The Labute approximate surface area is 163 Å². The topological polar surface area (TPSA) is 91.7 Å². The van der Waals surface area contributed by atoms with E-state index in [9.17, 15) is 5.26 Å². The maximum Gasteiger partial charge on any atom is 0.174 e. The van der Waals surface area contributed by atoms with Crippen LogP contribution in [-0.2, 0) is 13.0 Å². The molecular weight excluding hydrogens is 352 g/mol. The van der Waals surface area contributed by atoms with Crippen molar-refractivity contribution in [3.05, 3.63) is 53.8 Å². The van der Waals surface area contributed by atoms with Crippen LogP contribution in [0.3, 0.4) is 0 Å². The molecule has 2 aliphatic heterocycles. The molecule has 3 aromatic rings. The minimum absolute atomic E-state index is 0.0396. The molecule has 2 aliphatic rings. The molecule has 7 heteroatoms. The van der Waals surface area contributed by atoms with Gasteiger partial charge in [-0.05, 0) is 25.0 Å². The van der Waals surface area contributed by atoms with Gasteiger partial charge in [-0.2, -0.15) is 5.26 Å². The molecule has 0 radical (unpaired) electrons. The average Bonchev–Trinajstić information content (AvgIpc) is 3.40. The fourth-order valence-corrected chi connectivity index (χ4v) is 4.16. The molecule has 0 aliphatic carbocycles. The van der Waals surface area contributed by atoms with E-state index in [4.69, 9.17) is 4.42 Å². The highest BCUT2D eigenvalue weighted by Crippen LogP contribution is 2.32. The summed E-state index contributed by atoms with van der Waals surface area (Å²) in [4.78, 5) is 0. The Hall–Kier alpha value is -2.95. The number of furan rings is 1. The summed E-state index contributed by atoms with van der Waals surface area (Å²) in [6.07, 6.45) is 6.37. The smallest absolute Gasteiger partial charge is 0.174 e. The number of rotatable bonds is 3. The van der Waals surface area contributed by atoms with Crippen molar-refractivity contribution < 1.29 is 4.42 Å². The fourth-order valence-electron chi connectivity index (χ4n) is 4.16. The lowest BCUT2D eigenvalue weighted by molar-refractivity contribution is 0.426. The summed E-state index contributed by atoms with van der Waals surface area (Å²) in [6.45, 7) is 1.60. The van der Waals surface area contributed by atoms with Gasteiger partial charge in [0.05, 0.1) is 11.6 Å². The Balaban J connectivity index is 1.48. The van der Waals surface area contributed by atoms with Gasteiger partial charge in [0.2, 0.25) is 0 Å². The standard InChI is InChI=1S/C21H22N6O/c22-12-15(21-26-24-19-8-2-1-5-9-27(19)21)10-16-13-23-25-20(16)18-11-14-6-3-4-7-17(14)28-18/h3-4,6-7,10-11,16,20,23,25H,1-2,5,8-9,13H2/b15-10+. The minimum Gasteiger partial charge on any atom is -0.459 e. The number of hydrazine groups is 1. The van der Waals surface area contributed by atoms with Crippen LogP contribution in [0.2, 0.25) is 0 Å². The van der Waals surface area contributed by atoms with Crippen LogP contribution >= 0.6 is 0 Å². The van der Waals surface area contributed by atoms with Gasteiger partial charge in [-0.3, -0.25) is 5.43 Å². The van der Waals surface area contributed by atoms with E-state index in [1.165, 1.54) is 6.42 Å². The summed E-state index contributed by atoms with van der Waals surface area (Å²) in [7, 11) is 0. The second kappa shape index (κ2) is 7.23. The Morgan fingerprint density at radius 2 is 2.18 bits per heavy atom. The van der Waals surface area contributed by atoms with Crippen LogP contribution in [0.25, 0.3) is 16.5 Å². The highest BCUT2D eigenvalue weighted by molar-refractivity contribution is 5.78. The van der Waals surface area contributed by atoms with Crippen LogP contribution < -0.4 is 10.9 Å². The molecule has 2 aromatic heterocycles.